The van der Waals surface area contributed by atoms with E-state index in [1.807, 2.05) is 6.92 Å². The molecule has 67 heavy (non-hydrogen) atoms. The number of amides is 1. The molecule has 3 saturated heterocycles. The highest BCUT2D eigenvalue weighted by molar-refractivity contribution is 5.76. The highest BCUT2D eigenvalue weighted by Gasteiger charge is 2.53. The maximum Gasteiger partial charge on any atom is 0.220 e. The molecule has 3 aliphatic heterocycles. The Morgan fingerprint density at radius 1 is 0.552 bits per heavy atom. The summed E-state index contributed by atoms with van der Waals surface area (Å²) in [5.74, 6) is -0.307. The lowest BCUT2D eigenvalue weighted by atomic mass is 9.96. The van der Waals surface area contributed by atoms with Crippen LogP contribution in [0.4, 0.5) is 0 Å². The van der Waals surface area contributed by atoms with Crippen molar-refractivity contribution in [3.8, 4) is 0 Å². The SMILES string of the molecule is CC/C=C\C/C=C\C/C=C\C/C=C\CCCCCCCCC(=O)NC(COC1OC(CO)C(OC2OC(CO)C(OC3OC(CO)C(O)C(O)C3O)C(O)C2O)C(O)C1O)C(O)/C=C/CCC. The van der Waals surface area contributed by atoms with Crippen LogP contribution in [-0.4, -0.2) is 193 Å². The summed E-state index contributed by atoms with van der Waals surface area (Å²) < 4.78 is 33.8. The average molecular weight is 960 g/mol. The summed E-state index contributed by atoms with van der Waals surface area (Å²) in [4.78, 5) is 13.0. The normalized spacial score (nSPS) is 34.0. The number of unbranched alkanes of at least 4 members (excludes halogenated alkanes) is 7. The molecule has 3 heterocycles. The Kier molecular flexibility index (Phi) is 29.1. The van der Waals surface area contributed by atoms with Crippen LogP contribution in [0.15, 0.2) is 60.8 Å². The summed E-state index contributed by atoms with van der Waals surface area (Å²) in [6.45, 7) is 1.30. The van der Waals surface area contributed by atoms with Crippen LogP contribution in [0.1, 0.15) is 104 Å². The lowest BCUT2D eigenvalue weighted by molar-refractivity contribution is -0.379. The Bertz CT molecular complexity index is 1480. The van der Waals surface area contributed by atoms with Crippen LogP contribution in [-0.2, 0) is 33.2 Å². The fourth-order valence-electron chi connectivity index (χ4n) is 7.77. The van der Waals surface area contributed by atoms with E-state index in [2.05, 4.69) is 60.8 Å². The van der Waals surface area contributed by atoms with Crippen LogP contribution in [0.3, 0.4) is 0 Å². The van der Waals surface area contributed by atoms with Gasteiger partial charge in [-0.1, -0.05) is 107 Å². The third kappa shape index (κ3) is 19.7. The van der Waals surface area contributed by atoms with Gasteiger partial charge in [0.25, 0.3) is 0 Å². The van der Waals surface area contributed by atoms with Gasteiger partial charge in [0.15, 0.2) is 18.9 Å². The van der Waals surface area contributed by atoms with Crippen molar-refractivity contribution in [2.24, 2.45) is 0 Å². The van der Waals surface area contributed by atoms with E-state index in [1.54, 1.807) is 6.08 Å². The Hall–Kier alpha value is -2.51. The van der Waals surface area contributed by atoms with Crippen LogP contribution in [0.5, 0.6) is 0 Å². The van der Waals surface area contributed by atoms with Crippen molar-refractivity contribution in [3.63, 3.8) is 0 Å². The van der Waals surface area contributed by atoms with Gasteiger partial charge in [0.2, 0.25) is 5.91 Å². The summed E-state index contributed by atoms with van der Waals surface area (Å²) >= 11 is 0. The first-order chi connectivity index (χ1) is 32.3. The van der Waals surface area contributed by atoms with Crippen molar-refractivity contribution in [1.29, 1.82) is 0 Å². The number of ether oxygens (including phenoxy) is 6. The summed E-state index contributed by atoms with van der Waals surface area (Å²) in [6.07, 6.45) is 6.37. The molecule has 3 rings (SSSR count). The summed E-state index contributed by atoms with van der Waals surface area (Å²) in [6, 6.07) is -0.978. The van der Waals surface area contributed by atoms with Crippen LogP contribution in [0.25, 0.3) is 0 Å². The minimum absolute atomic E-state index is 0.221. The standard InChI is InChI=1S/C48H81NO18/c1-3-5-7-8-9-10-11-12-13-14-15-16-17-18-19-20-21-22-24-26-36(54)49-31(32(53)25-23-6-4-2)30-62-46-42(60)39(57)44(34(28-51)64-46)67-48-43(61)40(58)45(35(29-52)65-48)66-47-41(59)38(56)37(55)33(27-50)63-47/h5,7,9-10,12-13,15-16,23,25,31-35,37-48,50-53,55-61H,3-4,6,8,11,14,17-22,24,26-30H2,1-2H3,(H,49,54)/b7-5-,10-9-,13-12-,16-15-,25-23+. The van der Waals surface area contributed by atoms with Gasteiger partial charge in [0.05, 0.1) is 38.6 Å². The van der Waals surface area contributed by atoms with Gasteiger partial charge in [-0.2, -0.15) is 0 Å². The Morgan fingerprint density at radius 2 is 1.03 bits per heavy atom. The second kappa shape index (κ2) is 33.1. The number of allylic oxidation sites excluding steroid dienone is 9. The van der Waals surface area contributed by atoms with Gasteiger partial charge in [-0.25, -0.2) is 0 Å². The van der Waals surface area contributed by atoms with Gasteiger partial charge in [0, 0.05) is 6.42 Å². The fraction of sp³-hybridized carbons (Fsp3) is 0.771. The quantitative estimate of drug-likeness (QED) is 0.0334. The monoisotopic (exact) mass is 960 g/mol. The number of nitrogens with one attached hydrogen (secondary N) is 1. The molecule has 0 aromatic carbocycles. The second-order valence-electron chi connectivity index (χ2n) is 17.2. The molecule has 0 spiro atoms. The molecular weight excluding hydrogens is 879 g/mol. The second-order valence-corrected chi connectivity index (χ2v) is 17.2. The minimum Gasteiger partial charge on any atom is -0.394 e. The molecule has 1 amide bonds. The van der Waals surface area contributed by atoms with E-state index in [9.17, 15) is 61.0 Å². The lowest BCUT2D eigenvalue weighted by Gasteiger charge is -2.48. The van der Waals surface area contributed by atoms with E-state index in [-0.39, 0.29) is 18.9 Å². The topological polar surface area (TPSA) is 307 Å². The first kappa shape index (κ1) is 58.8. The first-order valence-electron chi connectivity index (χ1n) is 24.0. The number of hydrogen-bond acceptors (Lipinski definition) is 18. The molecule has 3 aliphatic rings. The zero-order chi connectivity index (χ0) is 49.1. The summed E-state index contributed by atoms with van der Waals surface area (Å²) in [7, 11) is 0. The molecule has 0 bridgehead atoms. The van der Waals surface area contributed by atoms with Crippen LogP contribution in [0.2, 0.25) is 0 Å². The van der Waals surface area contributed by atoms with Crippen molar-refractivity contribution < 1.29 is 89.4 Å². The Morgan fingerprint density at radius 3 is 1.58 bits per heavy atom. The van der Waals surface area contributed by atoms with Gasteiger partial charge in [0.1, 0.15) is 73.2 Å². The molecule has 0 aromatic heterocycles. The van der Waals surface area contributed by atoms with Gasteiger partial charge in [-0.05, 0) is 51.4 Å². The molecule has 19 nitrogen and oxygen atoms in total. The number of aliphatic hydroxyl groups is 11. The number of carbonyl (C=O) groups is 1. The molecule has 3 fully saturated rings. The zero-order valence-electron chi connectivity index (χ0n) is 39.1. The van der Waals surface area contributed by atoms with Gasteiger partial charge >= 0.3 is 0 Å². The van der Waals surface area contributed by atoms with Crippen molar-refractivity contribution in [1.82, 2.24) is 5.32 Å². The van der Waals surface area contributed by atoms with Crippen LogP contribution >= 0.6 is 0 Å². The van der Waals surface area contributed by atoms with Gasteiger partial charge < -0.3 is 89.9 Å². The van der Waals surface area contributed by atoms with Gasteiger partial charge in [-0.15, -0.1) is 0 Å². The highest BCUT2D eigenvalue weighted by atomic mass is 16.8. The molecule has 0 saturated carbocycles. The number of rotatable bonds is 31. The zero-order valence-corrected chi connectivity index (χ0v) is 39.1. The predicted octanol–water partition coefficient (Wildman–Crippen LogP) is 0.579. The number of carbonyl (C=O) groups excluding carboxylic acids is 1. The molecule has 12 N–H and O–H groups in total. The third-order valence-electron chi connectivity index (χ3n) is 11.8. The van der Waals surface area contributed by atoms with Gasteiger partial charge in [-0.3, -0.25) is 4.79 Å². The van der Waals surface area contributed by atoms with E-state index >= 15 is 0 Å². The predicted molar refractivity (Wildman–Crippen MR) is 245 cm³/mol. The molecule has 17 atom stereocenters. The molecule has 0 aromatic rings. The molecule has 0 aliphatic carbocycles. The van der Waals surface area contributed by atoms with Crippen molar-refractivity contribution in [3.05, 3.63) is 60.8 Å². The van der Waals surface area contributed by atoms with E-state index in [1.165, 1.54) is 6.08 Å². The molecule has 19 heteroatoms. The third-order valence-corrected chi connectivity index (χ3v) is 11.8. The van der Waals surface area contributed by atoms with Crippen molar-refractivity contribution in [2.45, 2.75) is 208 Å². The van der Waals surface area contributed by atoms with E-state index in [0.29, 0.717) is 12.8 Å². The lowest BCUT2D eigenvalue weighted by Crippen LogP contribution is -2.66. The summed E-state index contributed by atoms with van der Waals surface area (Å²) in [5.41, 5.74) is 0. The average Bonchev–Trinajstić information content (AvgIpc) is 3.32. The number of aliphatic hydroxyl groups excluding tert-OH is 11. The Balaban J connectivity index is 1.46. The molecule has 386 valence electrons. The first-order valence-corrected chi connectivity index (χ1v) is 24.0. The maximum absolute atomic E-state index is 13.0. The maximum atomic E-state index is 13.0. The smallest absolute Gasteiger partial charge is 0.220 e. The van der Waals surface area contributed by atoms with Crippen LogP contribution in [0, 0.1) is 0 Å². The summed E-state index contributed by atoms with van der Waals surface area (Å²) in [5, 5.41) is 119. The minimum atomic E-state index is -1.98. The van der Waals surface area contributed by atoms with Crippen molar-refractivity contribution in [2.75, 3.05) is 26.4 Å². The Labute approximate surface area is 395 Å². The van der Waals surface area contributed by atoms with E-state index < -0.39 is 124 Å². The highest BCUT2D eigenvalue weighted by Crippen LogP contribution is 2.33. The largest absolute Gasteiger partial charge is 0.394 e. The van der Waals surface area contributed by atoms with E-state index in [4.69, 9.17) is 28.4 Å². The van der Waals surface area contributed by atoms with Crippen LogP contribution < -0.4 is 5.32 Å². The number of hydrogen-bond donors (Lipinski definition) is 12. The molecule has 17 unspecified atom stereocenters. The van der Waals surface area contributed by atoms with Crippen molar-refractivity contribution >= 4 is 5.91 Å². The fourth-order valence-corrected chi connectivity index (χ4v) is 7.77. The van der Waals surface area contributed by atoms with E-state index in [0.717, 1.165) is 70.6 Å². The molecular formula is C48H81NO18. The molecule has 0 radical (unpaired) electrons.